The molecular weight excluding hydrogens is 186 g/mol. The lowest BCUT2D eigenvalue weighted by Gasteiger charge is -2.01. The van der Waals surface area contributed by atoms with E-state index >= 15 is 0 Å². The normalized spacial score (nSPS) is 9.93. The van der Waals surface area contributed by atoms with Crippen LogP contribution in [0, 0.1) is 25.2 Å². The van der Waals surface area contributed by atoms with E-state index in [-0.39, 0.29) is 0 Å². The summed E-state index contributed by atoms with van der Waals surface area (Å²) >= 11 is 0. The molecule has 1 N–H and O–H groups in total. The Morgan fingerprint density at radius 3 is 2.73 bits per heavy atom. The molecular formula is C12H11N3. The van der Waals surface area contributed by atoms with Crippen molar-refractivity contribution >= 4 is 0 Å². The molecule has 0 atom stereocenters. The molecule has 2 rings (SSSR count). The van der Waals surface area contributed by atoms with E-state index in [0.717, 1.165) is 22.5 Å². The third kappa shape index (κ3) is 1.62. The minimum atomic E-state index is 0.674. The van der Waals surface area contributed by atoms with Crippen LogP contribution in [0.3, 0.4) is 0 Å². The lowest BCUT2D eigenvalue weighted by molar-refractivity contribution is 1.02. The van der Waals surface area contributed by atoms with Crippen LogP contribution in [0.25, 0.3) is 11.1 Å². The van der Waals surface area contributed by atoms with Gasteiger partial charge in [-0.15, -0.1) is 0 Å². The number of benzene rings is 1. The molecule has 0 fully saturated rings. The highest BCUT2D eigenvalue weighted by Gasteiger charge is 2.08. The molecule has 0 saturated heterocycles. The molecule has 0 unspecified atom stereocenters. The van der Waals surface area contributed by atoms with Crippen LogP contribution in [0.15, 0.2) is 24.3 Å². The summed E-state index contributed by atoms with van der Waals surface area (Å²) in [6.45, 7) is 3.94. The molecule has 0 aliphatic heterocycles. The first-order chi connectivity index (χ1) is 7.22. The Labute approximate surface area is 88.4 Å². The summed E-state index contributed by atoms with van der Waals surface area (Å²) in [4.78, 5) is 0. The summed E-state index contributed by atoms with van der Waals surface area (Å²) in [6, 6.07) is 9.70. The summed E-state index contributed by atoms with van der Waals surface area (Å²) in [5, 5.41) is 15.9. The fourth-order valence-corrected chi connectivity index (χ4v) is 1.72. The predicted molar refractivity (Wildman–Crippen MR) is 58.2 cm³/mol. The van der Waals surface area contributed by atoms with Crippen molar-refractivity contribution in [1.29, 1.82) is 5.26 Å². The zero-order chi connectivity index (χ0) is 10.8. The van der Waals surface area contributed by atoms with Gasteiger partial charge in [-0.05, 0) is 31.5 Å². The van der Waals surface area contributed by atoms with Gasteiger partial charge in [0.15, 0.2) is 0 Å². The number of hydrogen-bond donors (Lipinski definition) is 1. The molecule has 0 aliphatic carbocycles. The Hall–Kier alpha value is -2.08. The van der Waals surface area contributed by atoms with Crippen LogP contribution in [0.2, 0.25) is 0 Å². The molecule has 0 amide bonds. The van der Waals surface area contributed by atoms with Crippen LogP contribution >= 0.6 is 0 Å². The van der Waals surface area contributed by atoms with Crippen LogP contribution in [-0.2, 0) is 0 Å². The molecule has 1 heterocycles. The van der Waals surface area contributed by atoms with Crippen LogP contribution in [0.5, 0.6) is 0 Å². The second kappa shape index (κ2) is 3.58. The standard InChI is InChI=1S/C12H11N3/c1-8-12(9(2)15-14-8)11-5-3-4-10(6-11)7-13/h3-6H,1-2H3,(H,14,15). The van der Waals surface area contributed by atoms with Gasteiger partial charge < -0.3 is 0 Å². The number of aromatic amines is 1. The molecule has 0 aliphatic rings. The van der Waals surface area contributed by atoms with Gasteiger partial charge in [0, 0.05) is 11.3 Å². The lowest BCUT2D eigenvalue weighted by atomic mass is 10.0. The van der Waals surface area contributed by atoms with E-state index in [1.165, 1.54) is 0 Å². The Morgan fingerprint density at radius 1 is 1.33 bits per heavy atom. The van der Waals surface area contributed by atoms with Crippen molar-refractivity contribution in [2.75, 3.05) is 0 Å². The molecule has 3 nitrogen and oxygen atoms in total. The quantitative estimate of drug-likeness (QED) is 0.763. The number of nitrogens with one attached hydrogen (secondary N) is 1. The number of aryl methyl sites for hydroxylation is 2. The summed E-state index contributed by atoms with van der Waals surface area (Å²) in [6.07, 6.45) is 0. The Bertz CT molecular complexity index is 513. The van der Waals surface area contributed by atoms with Crippen LogP contribution in [-0.4, -0.2) is 10.2 Å². The van der Waals surface area contributed by atoms with E-state index in [0.29, 0.717) is 5.56 Å². The first-order valence-electron chi connectivity index (χ1n) is 4.74. The summed E-state index contributed by atoms with van der Waals surface area (Å²) in [5.41, 5.74) is 4.79. The highest BCUT2D eigenvalue weighted by Crippen LogP contribution is 2.25. The highest BCUT2D eigenvalue weighted by atomic mass is 15.1. The van der Waals surface area contributed by atoms with Gasteiger partial charge in [0.2, 0.25) is 0 Å². The third-order valence-corrected chi connectivity index (χ3v) is 2.41. The van der Waals surface area contributed by atoms with Gasteiger partial charge in [0.05, 0.1) is 17.3 Å². The summed E-state index contributed by atoms with van der Waals surface area (Å²) < 4.78 is 0. The first-order valence-corrected chi connectivity index (χ1v) is 4.74. The summed E-state index contributed by atoms with van der Waals surface area (Å²) in [5.74, 6) is 0. The zero-order valence-electron chi connectivity index (χ0n) is 8.70. The van der Waals surface area contributed by atoms with E-state index in [4.69, 9.17) is 5.26 Å². The predicted octanol–water partition coefficient (Wildman–Crippen LogP) is 2.57. The number of nitrogens with zero attached hydrogens (tertiary/aromatic N) is 2. The van der Waals surface area contributed by atoms with Gasteiger partial charge in [-0.1, -0.05) is 12.1 Å². The van der Waals surface area contributed by atoms with Crippen molar-refractivity contribution in [1.82, 2.24) is 10.2 Å². The molecule has 1 aromatic heterocycles. The number of hydrogen-bond acceptors (Lipinski definition) is 2. The fourth-order valence-electron chi connectivity index (χ4n) is 1.72. The van der Waals surface area contributed by atoms with Gasteiger partial charge in [-0.2, -0.15) is 10.4 Å². The van der Waals surface area contributed by atoms with Crippen LogP contribution in [0.1, 0.15) is 17.0 Å². The molecule has 0 radical (unpaired) electrons. The largest absolute Gasteiger partial charge is 0.282 e. The molecule has 0 spiro atoms. The van der Waals surface area contributed by atoms with Gasteiger partial charge in [0.1, 0.15) is 0 Å². The van der Waals surface area contributed by atoms with E-state index in [1.807, 2.05) is 32.0 Å². The van der Waals surface area contributed by atoms with Gasteiger partial charge in [0.25, 0.3) is 0 Å². The molecule has 0 bridgehead atoms. The average Bonchev–Trinajstić information content (AvgIpc) is 2.59. The third-order valence-electron chi connectivity index (χ3n) is 2.41. The molecule has 15 heavy (non-hydrogen) atoms. The molecule has 0 saturated carbocycles. The Kier molecular flexibility index (Phi) is 2.26. The number of rotatable bonds is 1. The second-order valence-corrected chi connectivity index (χ2v) is 3.50. The lowest BCUT2D eigenvalue weighted by Crippen LogP contribution is -1.83. The van der Waals surface area contributed by atoms with Crippen molar-refractivity contribution < 1.29 is 0 Å². The van der Waals surface area contributed by atoms with E-state index < -0.39 is 0 Å². The Balaban J connectivity index is 2.60. The van der Waals surface area contributed by atoms with Crippen molar-refractivity contribution in [3.05, 3.63) is 41.2 Å². The van der Waals surface area contributed by atoms with Gasteiger partial charge in [-0.3, -0.25) is 5.10 Å². The van der Waals surface area contributed by atoms with Crippen molar-refractivity contribution in [3.8, 4) is 17.2 Å². The SMILES string of the molecule is Cc1n[nH]c(C)c1-c1cccc(C#N)c1. The van der Waals surface area contributed by atoms with E-state index in [9.17, 15) is 0 Å². The van der Waals surface area contributed by atoms with Crippen LogP contribution < -0.4 is 0 Å². The number of nitriles is 1. The van der Waals surface area contributed by atoms with Gasteiger partial charge in [-0.25, -0.2) is 0 Å². The molecule has 1 aromatic carbocycles. The smallest absolute Gasteiger partial charge is 0.0991 e. The van der Waals surface area contributed by atoms with Crippen molar-refractivity contribution in [2.45, 2.75) is 13.8 Å². The number of H-pyrrole nitrogens is 1. The molecule has 2 aromatic rings. The van der Waals surface area contributed by atoms with Crippen LogP contribution in [0.4, 0.5) is 0 Å². The topological polar surface area (TPSA) is 52.5 Å². The average molecular weight is 197 g/mol. The monoisotopic (exact) mass is 197 g/mol. The maximum Gasteiger partial charge on any atom is 0.0991 e. The van der Waals surface area contributed by atoms with Gasteiger partial charge >= 0.3 is 0 Å². The molecule has 74 valence electrons. The maximum absolute atomic E-state index is 8.82. The molecule has 3 heteroatoms. The maximum atomic E-state index is 8.82. The minimum absolute atomic E-state index is 0.674. The zero-order valence-corrected chi connectivity index (χ0v) is 8.70. The number of aromatic nitrogens is 2. The fraction of sp³-hybridized carbons (Fsp3) is 0.167. The van der Waals surface area contributed by atoms with Crippen molar-refractivity contribution in [3.63, 3.8) is 0 Å². The highest BCUT2D eigenvalue weighted by molar-refractivity contribution is 5.69. The van der Waals surface area contributed by atoms with E-state index in [1.54, 1.807) is 6.07 Å². The Morgan fingerprint density at radius 2 is 2.13 bits per heavy atom. The minimum Gasteiger partial charge on any atom is -0.282 e. The second-order valence-electron chi connectivity index (χ2n) is 3.50. The van der Waals surface area contributed by atoms with Crippen molar-refractivity contribution in [2.24, 2.45) is 0 Å². The first kappa shape index (κ1) is 9.47. The summed E-state index contributed by atoms with van der Waals surface area (Å²) in [7, 11) is 0. The van der Waals surface area contributed by atoms with E-state index in [2.05, 4.69) is 16.3 Å².